The highest BCUT2D eigenvalue weighted by Crippen LogP contribution is 2.44. The van der Waals surface area contributed by atoms with Gasteiger partial charge in [0.05, 0.1) is 5.56 Å². The molecule has 154 valence electrons. The minimum Gasteiger partial charge on any atom is -0.365 e. The predicted molar refractivity (Wildman–Crippen MR) is 122 cm³/mol. The molecule has 1 aliphatic carbocycles. The molecule has 0 spiro atoms. The number of fused-ring (bicyclic) bond motifs is 1. The first-order chi connectivity index (χ1) is 13.6. The van der Waals surface area contributed by atoms with Gasteiger partial charge in [-0.3, -0.25) is 9.59 Å². The van der Waals surface area contributed by atoms with Crippen LogP contribution < -0.4 is 11.1 Å². The van der Waals surface area contributed by atoms with E-state index < -0.39 is 5.91 Å². The fourth-order valence-electron chi connectivity index (χ4n) is 3.63. The Morgan fingerprint density at radius 3 is 2.62 bits per heavy atom. The van der Waals surface area contributed by atoms with Gasteiger partial charge in [-0.15, -0.1) is 11.3 Å². The van der Waals surface area contributed by atoms with E-state index in [-0.39, 0.29) is 11.3 Å². The third-order valence-corrected chi connectivity index (χ3v) is 7.08. The van der Waals surface area contributed by atoms with E-state index in [1.54, 1.807) is 24.3 Å². The zero-order chi connectivity index (χ0) is 21.3. The summed E-state index contributed by atoms with van der Waals surface area (Å²) in [7, 11) is 0. The van der Waals surface area contributed by atoms with E-state index in [2.05, 4.69) is 26.1 Å². The molecule has 0 saturated carbocycles. The van der Waals surface area contributed by atoms with E-state index in [1.165, 1.54) is 17.4 Å². The van der Waals surface area contributed by atoms with E-state index in [1.807, 2.05) is 0 Å². The van der Waals surface area contributed by atoms with Crippen LogP contribution in [0.5, 0.6) is 0 Å². The Bertz CT molecular complexity index is 989. The number of nitrogens with one attached hydrogen (secondary N) is 1. The van der Waals surface area contributed by atoms with Crippen LogP contribution in [-0.4, -0.2) is 11.8 Å². The summed E-state index contributed by atoms with van der Waals surface area (Å²) in [6, 6.07) is 5.06. The monoisotopic (exact) mass is 450 g/mol. The van der Waals surface area contributed by atoms with Crippen molar-refractivity contribution in [1.82, 2.24) is 0 Å². The number of nitrogens with two attached hydrogens (primary N) is 1. The van der Waals surface area contributed by atoms with Gasteiger partial charge in [-0.1, -0.05) is 50.0 Å². The van der Waals surface area contributed by atoms with Crippen molar-refractivity contribution in [2.45, 2.75) is 40.0 Å². The second-order valence-electron chi connectivity index (χ2n) is 8.37. The Morgan fingerprint density at radius 1 is 1.28 bits per heavy atom. The van der Waals surface area contributed by atoms with Crippen molar-refractivity contribution in [3.05, 3.63) is 55.9 Å². The van der Waals surface area contributed by atoms with Crippen LogP contribution >= 0.6 is 34.5 Å². The van der Waals surface area contributed by atoms with Gasteiger partial charge in [0.25, 0.3) is 5.91 Å². The quantitative estimate of drug-likeness (QED) is 0.564. The summed E-state index contributed by atoms with van der Waals surface area (Å²) in [5.74, 6) is -0.314. The maximum Gasteiger partial charge on any atom is 0.251 e. The van der Waals surface area contributed by atoms with Crippen molar-refractivity contribution >= 4 is 57.4 Å². The van der Waals surface area contributed by atoms with Crippen molar-refractivity contribution in [2.75, 3.05) is 5.32 Å². The smallest absolute Gasteiger partial charge is 0.251 e. The Morgan fingerprint density at radius 2 is 2.00 bits per heavy atom. The van der Waals surface area contributed by atoms with Gasteiger partial charge in [0.2, 0.25) is 5.91 Å². The van der Waals surface area contributed by atoms with Crippen LogP contribution in [0.25, 0.3) is 6.08 Å². The van der Waals surface area contributed by atoms with Gasteiger partial charge in [0, 0.05) is 21.0 Å². The fraction of sp³-hybridized carbons (Fsp3) is 0.364. The Labute approximate surface area is 185 Å². The molecule has 2 aromatic rings. The highest BCUT2D eigenvalue weighted by atomic mass is 35.5. The molecule has 0 saturated heterocycles. The standard InChI is InChI=1S/C22H24Cl2N2O2S/c1-22(2,3)13-6-8-15-17(10-13)29-21(19(15)20(25)28)26-18(27)9-5-12-4-7-14(23)11-16(12)24/h4-5,7,9,11,13H,6,8,10H2,1-3H3,(H2,25,28)(H,26,27)/b9-5+/t13-/m0/s1. The third-order valence-electron chi connectivity index (χ3n) is 5.35. The molecule has 1 aliphatic rings. The second kappa shape index (κ2) is 8.50. The summed E-state index contributed by atoms with van der Waals surface area (Å²) in [4.78, 5) is 25.7. The average molecular weight is 451 g/mol. The maximum absolute atomic E-state index is 12.5. The number of carbonyl (C=O) groups excluding carboxylic acids is 2. The minimum absolute atomic E-state index is 0.193. The van der Waals surface area contributed by atoms with Crippen LogP contribution in [0.3, 0.4) is 0 Å². The number of carbonyl (C=O) groups is 2. The highest BCUT2D eigenvalue weighted by molar-refractivity contribution is 7.17. The van der Waals surface area contributed by atoms with Gasteiger partial charge in [-0.25, -0.2) is 0 Å². The molecule has 1 aromatic carbocycles. The molecule has 4 nitrogen and oxygen atoms in total. The molecule has 0 radical (unpaired) electrons. The number of anilines is 1. The van der Waals surface area contributed by atoms with Crippen molar-refractivity contribution in [1.29, 1.82) is 0 Å². The Balaban J connectivity index is 1.82. The number of hydrogen-bond donors (Lipinski definition) is 2. The Kier molecular flexibility index (Phi) is 6.42. The topological polar surface area (TPSA) is 72.2 Å². The average Bonchev–Trinajstić information content (AvgIpc) is 2.97. The predicted octanol–water partition coefficient (Wildman–Crippen LogP) is 5.96. The number of amides is 2. The van der Waals surface area contributed by atoms with Gasteiger partial charge in [0.1, 0.15) is 5.00 Å². The molecule has 1 atom stereocenters. The number of hydrogen-bond acceptors (Lipinski definition) is 3. The van der Waals surface area contributed by atoms with Gasteiger partial charge >= 0.3 is 0 Å². The molecular weight excluding hydrogens is 427 g/mol. The minimum atomic E-state index is -0.503. The lowest BCUT2D eigenvalue weighted by atomic mass is 9.72. The van der Waals surface area contributed by atoms with E-state index in [4.69, 9.17) is 28.9 Å². The van der Waals surface area contributed by atoms with Crippen molar-refractivity contribution in [3.8, 4) is 0 Å². The summed E-state index contributed by atoms with van der Waals surface area (Å²) in [5.41, 5.74) is 7.96. The maximum atomic E-state index is 12.5. The van der Waals surface area contributed by atoms with Crippen LogP contribution in [-0.2, 0) is 17.6 Å². The van der Waals surface area contributed by atoms with Crippen LogP contribution in [0.15, 0.2) is 24.3 Å². The number of thiophene rings is 1. The first-order valence-electron chi connectivity index (χ1n) is 9.44. The van der Waals surface area contributed by atoms with E-state index in [0.717, 1.165) is 29.7 Å². The zero-order valence-corrected chi connectivity index (χ0v) is 19.0. The highest BCUT2D eigenvalue weighted by Gasteiger charge is 2.33. The lowest BCUT2D eigenvalue weighted by Crippen LogP contribution is -2.27. The second-order valence-corrected chi connectivity index (χ2v) is 10.3. The molecule has 3 N–H and O–H groups in total. The first kappa shape index (κ1) is 21.9. The Hall–Kier alpha value is -1.82. The molecule has 7 heteroatoms. The fourth-order valence-corrected chi connectivity index (χ4v) is 5.44. The summed E-state index contributed by atoms with van der Waals surface area (Å²) < 4.78 is 0. The van der Waals surface area contributed by atoms with Gasteiger partial charge < -0.3 is 11.1 Å². The molecule has 2 amide bonds. The normalized spacial score (nSPS) is 16.7. The molecule has 0 fully saturated rings. The molecule has 0 aliphatic heterocycles. The van der Waals surface area contributed by atoms with Crippen molar-refractivity contribution < 1.29 is 9.59 Å². The lowest BCUT2D eigenvalue weighted by Gasteiger charge is -2.33. The summed E-state index contributed by atoms with van der Waals surface area (Å²) in [6.45, 7) is 6.71. The van der Waals surface area contributed by atoms with Gasteiger partial charge in [-0.2, -0.15) is 0 Å². The molecule has 1 heterocycles. The molecule has 1 aromatic heterocycles. The molecule has 0 bridgehead atoms. The molecule has 29 heavy (non-hydrogen) atoms. The largest absolute Gasteiger partial charge is 0.365 e. The van der Waals surface area contributed by atoms with Gasteiger partial charge in [-0.05, 0) is 59.9 Å². The molecular formula is C22H24Cl2N2O2S. The summed E-state index contributed by atoms with van der Waals surface area (Å²) in [5, 5.41) is 4.33. The summed E-state index contributed by atoms with van der Waals surface area (Å²) >= 11 is 13.5. The summed E-state index contributed by atoms with van der Waals surface area (Å²) in [6.07, 6.45) is 5.71. The first-order valence-corrected chi connectivity index (χ1v) is 11.0. The molecule has 3 rings (SSSR count). The van der Waals surface area contributed by atoms with E-state index in [0.29, 0.717) is 32.1 Å². The van der Waals surface area contributed by atoms with Gasteiger partial charge in [0.15, 0.2) is 0 Å². The van der Waals surface area contributed by atoms with E-state index in [9.17, 15) is 9.59 Å². The van der Waals surface area contributed by atoms with Crippen LogP contribution in [0.2, 0.25) is 10.0 Å². The van der Waals surface area contributed by atoms with E-state index >= 15 is 0 Å². The SMILES string of the molecule is CC(C)(C)[C@H]1CCc2c(sc(NC(=O)/C=C/c3ccc(Cl)cc3Cl)c2C(N)=O)C1. The van der Waals surface area contributed by atoms with Crippen LogP contribution in [0.4, 0.5) is 5.00 Å². The molecule has 0 unspecified atom stereocenters. The number of rotatable bonds is 4. The number of halogens is 2. The lowest BCUT2D eigenvalue weighted by molar-refractivity contribution is -0.111. The number of primary amides is 1. The van der Waals surface area contributed by atoms with Crippen LogP contribution in [0, 0.1) is 11.3 Å². The third kappa shape index (κ3) is 5.03. The van der Waals surface area contributed by atoms with Crippen LogP contribution in [0.1, 0.15) is 53.6 Å². The van der Waals surface area contributed by atoms with Crippen molar-refractivity contribution in [3.63, 3.8) is 0 Å². The van der Waals surface area contributed by atoms with Crippen molar-refractivity contribution in [2.24, 2.45) is 17.1 Å². The zero-order valence-electron chi connectivity index (χ0n) is 16.6. The number of benzene rings is 1.